The molecule has 0 radical (unpaired) electrons. The quantitative estimate of drug-likeness (QED) is 0.545. The number of rotatable bonds is 8. The zero-order valence-electron chi connectivity index (χ0n) is 18.5. The summed E-state index contributed by atoms with van der Waals surface area (Å²) < 4.78 is 12.0. The summed E-state index contributed by atoms with van der Waals surface area (Å²) >= 11 is 0. The van der Waals surface area contributed by atoms with Crippen LogP contribution < -0.4 is 15.0 Å². The van der Waals surface area contributed by atoms with Gasteiger partial charge in [-0.1, -0.05) is 42.5 Å². The van der Waals surface area contributed by atoms with E-state index in [-0.39, 0.29) is 0 Å². The van der Waals surface area contributed by atoms with Gasteiger partial charge in [0.05, 0.1) is 31.3 Å². The number of nitrogens with one attached hydrogen (secondary N) is 1. The van der Waals surface area contributed by atoms with Crippen LogP contribution in [0, 0.1) is 0 Å². The van der Waals surface area contributed by atoms with Crippen molar-refractivity contribution < 1.29 is 9.47 Å². The summed E-state index contributed by atoms with van der Waals surface area (Å²) in [5, 5.41) is 3.48. The highest BCUT2D eigenvalue weighted by Crippen LogP contribution is 2.35. The highest BCUT2D eigenvalue weighted by Gasteiger charge is 2.20. The van der Waals surface area contributed by atoms with Crippen molar-refractivity contribution in [2.75, 3.05) is 24.6 Å². The van der Waals surface area contributed by atoms with Crippen molar-refractivity contribution >= 4 is 11.4 Å². The lowest BCUT2D eigenvalue weighted by Crippen LogP contribution is -2.28. The number of nitrogens with zero attached hydrogens (tertiary/aromatic N) is 2. The van der Waals surface area contributed by atoms with Gasteiger partial charge in [0.1, 0.15) is 12.4 Å². The van der Waals surface area contributed by atoms with E-state index in [1.54, 1.807) is 0 Å². The standard InChI is InChI=1S/C27H31N3O2/c1-2-6-21(7-3-1)18-31-19-22-10-11-27-23(14-22)8-5-13-30(27)25-15-26(17-28-16-25)32-20-24-9-4-12-29-24/h1-3,6-7,10-11,14-17,24,29H,4-5,8-9,12-13,18-20H2. The summed E-state index contributed by atoms with van der Waals surface area (Å²) in [7, 11) is 0. The lowest BCUT2D eigenvalue weighted by Gasteiger charge is -2.31. The van der Waals surface area contributed by atoms with Gasteiger partial charge in [-0.2, -0.15) is 0 Å². The monoisotopic (exact) mass is 429 g/mol. The number of aromatic nitrogens is 1. The van der Waals surface area contributed by atoms with E-state index < -0.39 is 0 Å². The average Bonchev–Trinajstić information content (AvgIpc) is 3.37. The third-order valence-electron chi connectivity index (χ3n) is 6.27. The number of ether oxygens (including phenoxy) is 2. The maximum atomic E-state index is 6.04. The summed E-state index contributed by atoms with van der Waals surface area (Å²) in [6.45, 7) is 4.05. The predicted molar refractivity (Wildman–Crippen MR) is 127 cm³/mol. The molecule has 3 heterocycles. The Kier molecular flexibility index (Phi) is 6.66. The molecule has 0 amide bonds. The first-order valence-corrected chi connectivity index (χ1v) is 11.7. The number of anilines is 2. The molecule has 166 valence electrons. The molecule has 0 saturated carbocycles. The number of aryl methyl sites for hydroxylation is 1. The topological polar surface area (TPSA) is 46.6 Å². The molecule has 5 nitrogen and oxygen atoms in total. The number of hydrogen-bond acceptors (Lipinski definition) is 5. The van der Waals surface area contributed by atoms with Crippen LogP contribution in [0.25, 0.3) is 0 Å². The molecule has 1 fully saturated rings. The molecule has 1 aromatic heterocycles. The van der Waals surface area contributed by atoms with Crippen molar-refractivity contribution in [2.45, 2.75) is 44.9 Å². The first-order chi connectivity index (χ1) is 15.8. The summed E-state index contributed by atoms with van der Waals surface area (Å²) in [6.07, 6.45) is 8.39. The second kappa shape index (κ2) is 10.2. The largest absolute Gasteiger partial charge is 0.490 e. The fourth-order valence-corrected chi connectivity index (χ4v) is 4.60. The third-order valence-corrected chi connectivity index (χ3v) is 6.27. The maximum absolute atomic E-state index is 6.04. The lowest BCUT2D eigenvalue weighted by molar-refractivity contribution is 0.107. The molecule has 5 rings (SSSR count). The zero-order chi connectivity index (χ0) is 21.6. The molecule has 2 aliphatic heterocycles. The minimum atomic E-state index is 0.455. The van der Waals surface area contributed by atoms with Gasteiger partial charge in [0.2, 0.25) is 0 Å². The molecule has 0 spiro atoms. The Morgan fingerprint density at radius 2 is 1.88 bits per heavy atom. The molecule has 3 aromatic rings. The Balaban J connectivity index is 1.24. The Morgan fingerprint density at radius 1 is 0.969 bits per heavy atom. The summed E-state index contributed by atoms with van der Waals surface area (Å²) in [6, 6.07) is 19.6. The molecule has 2 aliphatic rings. The molecule has 0 aliphatic carbocycles. The predicted octanol–water partition coefficient (Wildman–Crippen LogP) is 5.01. The van der Waals surface area contributed by atoms with Gasteiger partial charge in [-0.25, -0.2) is 0 Å². The fraction of sp³-hybridized carbons (Fsp3) is 0.370. The lowest BCUT2D eigenvalue weighted by atomic mass is 9.99. The Labute approximate surface area is 190 Å². The summed E-state index contributed by atoms with van der Waals surface area (Å²) in [5.74, 6) is 0.842. The highest BCUT2D eigenvalue weighted by atomic mass is 16.5. The number of fused-ring (bicyclic) bond motifs is 1. The maximum Gasteiger partial charge on any atom is 0.139 e. The molecule has 1 unspecified atom stereocenters. The van der Waals surface area contributed by atoms with Gasteiger partial charge in [-0.3, -0.25) is 4.98 Å². The van der Waals surface area contributed by atoms with Crippen molar-refractivity contribution in [1.82, 2.24) is 10.3 Å². The minimum absolute atomic E-state index is 0.455. The number of benzene rings is 2. The summed E-state index contributed by atoms with van der Waals surface area (Å²) in [4.78, 5) is 6.82. The van der Waals surface area contributed by atoms with Gasteiger partial charge in [-0.15, -0.1) is 0 Å². The molecule has 5 heteroatoms. The van der Waals surface area contributed by atoms with Gasteiger partial charge in [0.15, 0.2) is 0 Å². The molecule has 0 bridgehead atoms. The van der Waals surface area contributed by atoms with E-state index in [1.807, 2.05) is 30.6 Å². The Hall–Kier alpha value is -2.89. The van der Waals surface area contributed by atoms with E-state index in [9.17, 15) is 0 Å². The van der Waals surface area contributed by atoms with Crippen LogP contribution >= 0.6 is 0 Å². The van der Waals surface area contributed by atoms with E-state index in [0.717, 1.165) is 37.4 Å². The molecule has 2 aromatic carbocycles. The normalized spacial score (nSPS) is 17.9. The van der Waals surface area contributed by atoms with Gasteiger partial charge < -0.3 is 19.7 Å². The van der Waals surface area contributed by atoms with Crippen LogP contribution in [0.3, 0.4) is 0 Å². The van der Waals surface area contributed by atoms with E-state index >= 15 is 0 Å². The van der Waals surface area contributed by atoms with E-state index in [2.05, 4.69) is 51.6 Å². The van der Waals surface area contributed by atoms with Crippen molar-refractivity contribution in [1.29, 1.82) is 0 Å². The fourth-order valence-electron chi connectivity index (χ4n) is 4.60. The third kappa shape index (κ3) is 5.12. The van der Waals surface area contributed by atoms with Crippen LogP contribution in [0.1, 0.15) is 36.0 Å². The van der Waals surface area contributed by atoms with E-state index in [4.69, 9.17) is 9.47 Å². The van der Waals surface area contributed by atoms with Crippen molar-refractivity contribution in [3.63, 3.8) is 0 Å². The first-order valence-electron chi connectivity index (χ1n) is 11.7. The van der Waals surface area contributed by atoms with Crippen molar-refractivity contribution in [2.24, 2.45) is 0 Å². The molecular weight excluding hydrogens is 398 g/mol. The van der Waals surface area contributed by atoms with E-state index in [1.165, 1.54) is 35.2 Å². The second-order valence-corrected chi connectivity index (χ2v) is 8.68. The highest BCUT2D eigenvalue weighted by molar-refractivity contribution is 5.68. The first kappa shape index (κ1) is 21.0. The zero-order valence-corrected chi connectivity index (χ0v) is 18.5. The van der Waals surface area contributed by atoms with Crippen LogP contribution in [-0.2, 0) is 24.4 Å². The van der Waals surface area contributed by atoms with Gasteiger partial charge >= 0.3 is 0 Å². The van der Waals surface area contributed by atoms with Gasteiger partial charge in [0.25, 0.3) is 0 Å². The molecule has 32 heavy (non-hydrogen) atoms. The van der Waals surface area contributed by atoms with Crippen molar-refractivity contribution in [3.05, 3.63) is 83.7 Å². The van der Waals surface area contributed by atoms with Gasteiger partial charge in [0, 0.05) is 24.3 Å². The van der Waals surface area contributed by atoms with Crippen molar-refractivity contribution in [3.8, 4) is 5.75 Å². The van der Waals surface area contributed by atoms with Crippen LogP contribution in [0.4, 0.5) is 11.4 Å². The van der Waals surface area contributed by atoms with Crippen LogP contribution in [-0.4, -0.2) is 30.7 Å². The Morgan fingerprint density at radius 3 is 2.75 bits per heavy atom. The Bertz CT molecular complexity index is 1020. The van der Waals surface area contributed by atoms with E-state index in [0.29, 0.717) is 25.9 Å². The molecule has 1 N–H and O–H groups in total. The number of hydrogen-bond donors (Lipinski definition) is 1. The second-order valence-electron chi connectivity index (χ2n) is 8.68. The van der Waals surface area contributed by atoms with Crippen LogP contribution in [0.15, 0.2) is 67.0 Å². The molecule has 1 atom stereocenters. The molecule has 1 saturated heterocycles. The average molecular weight is 430 g/mol. The number of pyridine rings is 1. The SMILES string of the molecule is c1ccc(COCc2ccc3c(c2)CCCN3c2cncc(OCC3CCCN3)c2)cc1. The van der Waals surface area contributed by atoms with Gasteiger partial charge in [-0.05, 0) is 55.0 Å². The molecular formula is C27H31N3O2. The minimum Gasteiger partial charge on any atom is -0.490 e. The summed E-state index contributed by atoms with van der Waals surface area (Å²) in [5.41, 5.74) is 6.16. The van der Waals surface area contributed by atoms with Crippen LogP contribution in [0.5, 0.6) is 5.75 Å². The van der Waals surface area contributed by atoms with Crippen LogP contribution in [0.2, 0.25) is 0 Å². The smallest absolute Gasteiger partial charge is 0.139 e.